The topological polar surface area (TPSA) is 80.6 Å². The molecule has 0 amide bonds. The third-order valence-electron chi connectivity index (χ3n) is 7.55. The van der Waals surface area contributed by atoms with Crippen LogP contribution in [-0.4, -0.2) is 37.2 Å². The zero-order chi connectivity index (χ0) is 20.2. The molecule has 3 aliphatic carbocycles. The van der Waals surface area contributed by atoms with Crippen LogP contribution >= 0.6 is 0 Å². The van der Waals surface area contributed by atoms with E-state index in [2.05, 4.69) is 27.5 Å². The van der Waals surface area contributed by atoms with Gasteiger partial charge < -0.3 is 9.47 Å². The minimum absolute atomic E-state index is 0.0165. The highest BCUT2D eigenvalue weighted by molar-refractivity contribution is 6.01. The van der Waals surface area contributed by atoms with E-state index >= 15 is 0 Å². The Kier molecular flexibility index (Phi) is 4.37. The lowest BCUT2D eigenvalue weighted by Crippen LogP contribution is -2.53. The summed E-state index contributed by atoms with van der Waals surface area (Å²) in [6.45, 7) is 4.09. The van der Waals surface area contributed by atoms with Gasteiger partial charge in [0.1, 0.15) is 0 Å². The van der Waals surface area contributed by atoms with E-state index in [4.69, 9.17) is 9.47 Å². The lowest BCUT2D eigenvalue weighted by Gasteiger charge is -2.40. The molecule has 5 rings (SSSR count). The molecule has 0 aromatic heterocycles. The Balaban J connectivity index is 1.49. The van der Waals surface area contributed by atoms with E-state index in [1.54, 1.807) is 13.8 Å². The molecule has 7 nitrogen and oxygen atoms in total. The first-order chi connectivity index (χ1) is 14.1. The summed E-state index contributed by atoms with van der Waals surface area (Å²) in [5, 5.41) is 11.2. The molecule has 2 bridgehead atoms. The van der Waals surface area contributed by atoms with Crippen molar-refractivity contribution in [1.29, 1.82) is 0 Å². The fourth-order valence-electron chi connectivity index (χ4n) is 6.69. The van der Waals surface area contributed by atoms with Gasteiger partial charge in [-0.2, -0.15) is 5.11 Å². The molecule has 3 fully saturated rings. The van der Waals surface area contributed by atoms with E-state index in [9.17, 15) is 9.59 Å². The number of carbonyl (C=O) groups excluding carboxylic acids is 2. The van der Waals surface area contributed by atoms with Gasteiger partial charge in [0.05, 0.1) is 31.0 Å². The number of rotatable bonds is 5. The SMILES string of the molecule is CCOC(=O)C1(C(=O)OCC)CCC2C3CC(C4N=NN(c5ccccc5)C34)C21. The van der Waals surface area contributed by atoms with E-state index in [0.717, 1.165) is 18.5 Å². The van der Waals surface area contributed by atoms with Gasteiger partial charge in [0.15, 0.2) is 5.41 Å². The minimum atomic E-state index is -1.18. The molecule has 1 heterocycles. The summed E-state index contributed by atoms with van der Waals surface area (Å²) in [6.07, 6.45) is 2.33. The quantitative estimate of drug-likeness (QED) is 0.562. The number of nitrogens with zero attached hydrogens (tertiary/aromatic N) is 3. The Morgan fingerprint density at radius 3 is 2.41 bits per heavy atom. The molecule has 6 unspecified atom stereocenters. The molecule has 4 aliphatic rings. The fraction of sp³-hybridized carbons (Fsp3) is 0.636. The predicted molar refractivity (Wildman–Crippen MR) is 105 cm³/mol. The van der Waals surface area contributed by atoms with Crippen LogP contribution in [0.1, 0.15) is 33.1 Å². The highest BCUT2D eigenvalue weighted by Gasteiger charge is 2.73. The van der Waals surface area contributed by atoms with Gasteiger partial charge in [-0.05, 0) is 68.9 Å². The highest BCUT2D eigenvalue weighted by Crippen LogP contribution is 2.68. The number of hydrogen-bond acceptors (Lipinski definition) is 7. The van der Waals surface area contributed by atoms with Crippen LogP contribution in [0.2, 0.25) is 0 Å². The Morgan fingerprint density at radius 1 is 1.07 bits per heavy atom. The molecular formula is C22H27N3O4. The van der Waals surface area contributed by atoms with Crippen molar-refractivity contribution in [2.24, 2.45) is 39.4 Å². The normalized spacial score (nSPS) is 35.4. The maximum absolute atomic E-state index is 13.1. The summed E-state index contributed by atoms with van der Waals surface area (Å²) in [5.74, 6) is -0.0687. The second-order valence-corrected chi connectivity index (χ2v) is 8.57. The first kappa shape index (κ1) is 18.6. The lowest BCUT2D eigenvalue weighted by atomic mass is 9.66. The third kappa shape index (κ3) is 2.42. The predicted octanol–water partition coefficient (Wildman–Crippen LogP) is 3.40. The molecule has 6 atom stereocenters. The number of benzene rings is 1. The largest absolute Gasteiger partial charge is 0.465 e. The van der Waals surface area contributed by atoms with Crippen LogP contribution in [0.4, 0.5) is 5.69 Å². The average molecular weight is 397 g/mol. The maximum Gasteiger partial charge on any atom is 0.323 e. The van der Waals surface area contributed by atoms with E-state index in [1.165, 1.54) is 0 Å². The van der Waals surface area contributed by atoms with Gasteiger partial charge in [-0.25, -0.2) is 5.01 Å². The molecule has 0 saturated heterocycles. The maximum atomic E-state index is 13.1. The van der Waals surface area contributed by atoms with Crippen molar-refractivity contribution < 1.29 is 19.1 Å². The second kappa shape index (κ2) is 6.82. The molecule has 29 heavy (non-hydrogen) atoms. The molecule has 0 N–H and O–H groups in total. The molecule has 0 spiro atoms. The van der Waals surface area contributed by atoms with Gasteiger partial charge in [-0.15, -0.1) is 0 Å². The highest BCUT2D eigenvalue weighted by atomic mass is 16.6. The zero-order valence-electron chi connectivity index (χ0n) is 16.9. The number of carbonyl (C=O) groups is 2. The van der Waals surface area contributed by atoms with Crippen LogP contribution in [0.5, 0.6) is 0 Å². The van der Waals surface area contributed by atoms with Gasteiger partial charge in [-0.1, -0.05) is 23.4 Å². The van der Waals surface area contributed by atoms with Crippen LogP contribution in [0, 0.1) is 29.1 Å². The molecule has 154 valence electrons. The first-order valence-corrected chi connectivity index (χ1v) is 10.7. The summed E-state index contributed by atoms with van der Waals surface area (Å²) in [6, 6.07) is 10.4. The van der Waals surface area contributed by atoms with E-state index in [-0.39, 0.29) is 37.1 Å². The molecule has 1 aliphatic heterocycles. The number of esters is 2. The summed E-state index contributed by atoms with van der Waals surface area (Å²) in [5.41, 5.74) is -0.135. The van der Waals surface area contributed by atoms with Gasteiger partial charge >= 0.3 is 11.9 Å². The summed E-state index contributed by atoms with van der Waals surface area (Å²) in [7, 11) is 0. The molecular weight excluding hydrogens is 370 g/mol. The number of fused-ring (bicyclic) bond motifs is 8. The van der Waals surface area contributed by atoms with Crippen LogP contribution in [0.25, 0.3) is 0 Å². The zero-order valence-corrected chi connectivity index (χ0v) is 16.9. The molecule has 0 radical (unpaired) electrons. The first-order valence-electron chi connectivity index (χ1n) is 10.7. The van der Waals surface area contributed by atoms with Crippen molar-refractivity contribution in [2.75, 3.05) is 18.2 Å². The summed E-state index contributed by atoms with van der Waals surface area (Å²) in [4.78, 5) is 26.2. The van der Waals surface area contributed by atoms with Crippen molar-refractivity contribution in [3.05, 3.63) is 30.3 Å². The number of para-hydroxylation sites is 1. The van der Waals surface area contributed by atoms with Gasteiger partial charge in [0.2, 0.25) is 0 Å². The fourth-order valence-corrected chi connectivity index (χ4v) is 6.69. The van der Waals surface area contributed by atoms with Crippen LogP contribution in [0.15, 0.2) is 40.7 Å². The monoisotopic (exact) mass is 397 g/mol. The van der Waals surface area contributed by atoms with Crippen LogP contribution < -0.4 is 5.01 Å². The Morgan fingerprint density at radius 2 is 1.76 bits per heavy atom. The standard InChI is InChI=1S/C22H27N3O4/c1-3-28-20(26)22(21(27)29-4-2)11-10-14-15-12-16(17(14)22)18-19(15)25(24-23-18)13-8-6-5-7-9-13/h5-9,14-19H,3-4,10-12H2,1-2H3. The Labute approximate surface area is 170 Å². The van der Waals surface area contributed by atoms with Crippen molar-refractivity contribution in [2.45, 2.75) is 45.2 Å². The summed E-state index contributed by atoms with van der Waals surface area (Å²) >= 11 is 0. The average Bonchev–Trinajstić information content (AvgIpc) is 3.47. The van der Waals surface area contributed by atoms with Crippen molar-refractivity contribution in [3.63, 3.8) is 0 Å². The Bertz CT molecular complexity index is 824. The molecule has 7 heteroatoms. The Hall–Kier alpha value is -2.44. The second-order valence-electron chi connectivity index (χ2n) is 8.57. The van der Waals surface area contributed by atoms with Crippen molar-refractivity contribution in [3.8, 4) is 0 Å². The van der Waals surface area contributed by atoms with E-state index < -0.39 is 17.4 Å². The van der Waals surface area contributed by atoms with Crippen LogP contribution in [0.3, 0.4) is 0 Å². The third-order valence-corrected chi connectivity index (χ3v) is 7.55. The van der Waals surface area contributed by atoms with Crippen molar-refractivity contribution >= 4 is 17.6 Å². The smallest absolute Gasteiger partial charge is 0.323 e. The van der Waals surface area contributed by atoms with Gasteiger partial charge in [0, 0.05) is 0 Å². The minimum Gasteiger partial charge on any atom is -0.465 e. The number of ether oxygens (including phenoxy) is 2. The molecule has 1 aromatic carbocycles. The molecule has 1 aromatic rings. The van der Waals surface area contributed by atoms with Crippen LogP contribution in [-0.2, 0) is 19.1 Å². The lowest BCUT2D eigenvalue weighted by molar-refractivity contribution is -0.177. The van der Waals surface area contributed by atoms with E-state index in [1.807, 2.05) is 18.2 Å². The summed E-state index contributed by atoms with van der Waals surface area (Å²) < 4.78 is 10.8. The molecule has 3 saturated carbocycles. The van der Waals surface area contributed by atoms with Crippen molar-refractivity contribution in [1.82, 2.24) is 0 Å². The van der Waals surface area contributed by atoms with Gasteiger partial charge in [-0.3, -0.25) is 9.59 Å². The van der Waals surface area contributed by atoms with Gasteiger partial charge in [0.25, 0.3) is 0 Å². The number of anilines is 1. The number of hydrogen-bond donors (Lipinski definition) is 0. The van der Waals surface area contributed by atoms with E-state index in [0.29, 0.717) is 18.3 Å².